The first-order valence-corrected chi connectivity index (χ1v) is 10.4. The van der Waals surface area contributed by atoms with E-state index in [1.165, 1.54) is 22.7 Å². The number of carbonyl (C=O) groups is 2. The number of esters is 1. The van der Waals surface area contributed by atoms with Gasteiger partial charge in [0.2, 0.25) is 5.91 Å². The molecule has 30 heavy (non-hydrogen) atoms. The molecule has 0 atom stereocenters. The van der Waals surface area contributed by atoms with E-state index in [2.05, 4.69) is 0 Å². The highest BCUT2D eigenvalue weighted by Gasteiger charge is 2.16. The van der Waals surface area contributed by atoms with Crippen molar-refractivity contribution in [3.63, 3.8) is 0 Å². The van der Waals surface area contributed by atoms with Crippen LogP contribution in [0.5, 0.6) is 0 Å². The van der Waals surface area contributed by atoms with Crippen molar-refractivity contribution >= 4 is 34.6 Å². The van der Waals surface area contributed by atoms with Gasteiger partial charge in [-0.15, -0.1) is 11.8 Å². The first-order valence-electron chi connectivity index (χ1n) is 9.39. The molecule has 6 nitrogen and oxygen atoms in total. The monoisotopic (exact) mass is 425 g/mol. The lowest BCUT2D eigenvalue weighted by Crippen LogP contribution is -2.23. The predicted molar refractivity (Wildman–Crippen MR) is 117 cm³/mol. The zero-order valence-corrected chi connectivity index (χ0v) is 18.2. The Hall–Kier alpha value is -3.06. The van der Waals surface area contributed by atoms with Gasteiger partial charge >= 0.3 is 11.6 Å². The summed E-state index contributed by atoms with van der Waals surface area (Å²) in [6.07, 6.45) is 0. The van der Waals surface area contributed by atoms with E-state index < -0.39 is 11.6 Å². The maximum absolute atomic E-state index is 12.7. The summed E-state index contributed by atoms with van der Waals surface area (Å²) >= 11 is 1.28. The van der Waals surface area contributed by atoms with Gasteiger partial charge in [0.25, 0.3) is 0 Å². The number of ether oxygens (including phenoxy) is 1. The van der Waals surface area contributed by atoms with Crippen LogP contribution in [0.3, 0.4) is 0 Å². The van der Waals surface area contributed by atoms with Crippen molar-refractivity contribution in [3.05, 3.63) is 75.1 Å². The van der Waals surface area contributed by atoms with E-state index in [4.69, 9.17) is 9.15 Å². The van der Waals surface area contributed by atoms with Crippen LogP contribution in [0.1, 0.15) is 27.0 Å². The quantitative estimate of drug-likeness (QED) is 0.338. The van der Waals surface area contributed by atoms with Gasteiger partial charge in [-0.25, -0.2) is 9.59 Å². The molecule has 0 spiro atoms. The molecule has 1 aromatic heterocycles. The van der Waals surface area contributed by atoms with E-state index in [-0.39, 0.29) is 18.3 Å². The maximum atomic E-state index is 12.7. The van der Waals surface area contributed by atoms with Crippen molar-refractivity contribution in [2.24, 2.45) is 0 Å². The molecule has 0 aliphatic rings. The Kier molecular flexibility index (Phi) is 6.62. The molecule has 0 unspecified atom stereocenters. The van der Waals surface area contributed by atoms with Crippen LogP contribution in [0.25, 0.3) is 11.0 Å². The molecule has 0 fully saturated rings. The SMILES string of the molecule is Cc1cc2oc(=O)cc(COC(=O)c3ccccc3SCC(=O)N(C)C)c2cc1C. The molecule has 0 aliphatic carbocycles. The first kappa shape index (κ1) is 21.6. The van der Waals surface area contributed by atoms with Gasteiger partial charge in [-0.1, -0.05) is 12.1 Å². The minimum atomic E-state index is -0.513. The molecule has 2 aromatic carbocycles. The normalized spacial score (nSPS) is 10.8. The summed E-state index contributed by atoms with van der Waals surface area (Å²) in [5, 5.41) is 0.740. The first-order chi connectivity index (χ1) is 14.3. The Morgan fingerprint density at radius 3 is 2.50 bits per heavy atom. The van der Waals surface area contributed by atoms with E-state index >= 15 is 0 Å². The summed E-state index contributed by atoms with van der Waals surface area (Å²) in [5.74, 6) is -0.336. The van der Waals surface area contributed by atoms with Gasteiger partial charge < -0.3 is 14.1 Å². The molecule has 0 N–H and O–H groups in total. The number of carbonyl (C=O) groups excluding carboxylic acids is 2. The average Bonchev–Trinajstić information content (AvgIpc) is 2.71. The van der Waals surface area contributed by atoms with E-state index in [9.17, 15) is 14.4 Å². The van der Waals surface area contributed by atoms with E-state index in [0.29, 0.717) is 21.6 Å². The Labute approximate surface area is 178 Å². The summed E-state index contributed by atoms with van der Waals surface area (Å²) < 4.78 is 10.8. The van der Waals surface area contributed by atoms with Crippen molar-refractivity contribution in [1.29, 1.82) is 0 Å². The summed E-state index contributed by atoms with van der Waals surface area (Å²) in [4.78, 5) is 38.7. The fourth-order valence-corrected chi connectivity index (χ4v) is 3.87. The summed E-state index contributed by atoms with van der Waals surface area (Å²) in [6.45, 7) is 3.86. The number of hydrogen-bond acceptors (Lipinski definition) is 6. The Balaban J connectivity index is 1.81. The maximum Gasteiger partial charge on any atom is 0.339 e. The number of nitrogens with zero attached hydrogens (tertiary/aromatic N) is 1. The van der Waals surface area contributed by atoms with Crippen LogP contribution in [0.4, 0.5) is 0 Å². The number of hydrogen-bond donors (Lipinski definition) is 0. The Morgan fingerprint density at radius 1 is 1.07 bits per heavy atom. The fraction of sp³-hybridized carbons (Fsp3) is 0.261. The molecule has 156 valence electrons. The molecule has 0 aliphatic heterocycles. The minimum Gasteiger partial charge on any atom is -0.457 e. The smallest absolute Gasteiger partial charge is 0.339 e. The lowest BCUT2D eigenvalue weighted by molar-refractivity contribution is -0.125. The summed E-state index contributed by atoms with van der Waals surface area (Å²) in [7, 11) is 3.38. The molecule has 1 heterocycles. The van der Waals surface area contributed by atoms with Gasteiger partial charge in [-0.3, -0.25) is 4.79 Å². The molecule has 0 radical (unpaired) electrons. The molecular formula is C23H23NO5S. The van der Waals surface area contributed by atoms with Gasteiger partial charge in [0, 0.05) is 36.0 Å². The Bertz CT molecular complexity index is 1170. The number of thioether (sulfide) groups is 1. The number of amides is 1. The highest BCUT2D eigenvalue weighted by Crippen LogP contribution is 2.25. The zero-order valence-electron chi connectivity index (χ0n) is 17.4. The van der Waals surface area contributed by atoms with Crippen molar-refractivity contribution in [2.75, 3.05) is 19.8 Å². The third-order valence-electron chi connectivity index (χ3n) is 4.76. The average molecular weight is 426 g/mol. The molecule has 3 aromatic rings. The van der Waals surface area contributed by atoms with Gasteiger partial charge in [0.05, 0.1) is 11.3 Å². The largest absolute Gasteiger partial charge is 0.457 e. The molecule has 0 bridgehead atoms. The number of fused-ring (bicyclic) bond motifs is 1. The second-order valence-corrected chi connectivity index (χ2v) is 8.19. The third-order valence-corrected chi connectivity index (χ3v) is 5.82. The van der Waals surface area contributed by atoms with Gasteiger partial charge in [-0.05, 0) is 49.2 Å². The minimum absolute atomic E-state index is 0.0451. The molecule has 1 amide bonds. The van der Waals surface area contributed by atoms with Crippen LogP contribution in [0.15, 0.2) is 56.6 Å². The van der Waals surface area contributed by atoms with Gasteiger partial charge in [0.15, 0.2) is 0 Å². The topological polar surface area (TPSA) is 76.8 Å². The van der Waals surface area contributed by atoms with Crippen LogP contribution < -0.4 is 5.63 Å². The summed E-state index contributed by atoms with van der Waals surface area (Å²) in [5.41, 5.74) is 3.01. The Morgan fingerprint density at radius 2 is 1.77 bits per heavy atom. The lowest BCUT2D eigenvalue weighted by atomic mass is 10.0. The summed E-state index contributed by atoms with van der Waals surface area (Å²) in [6, 6.07) is 12.1. The highest BCUT2D eigenvalue weighted by molar-refractivity contribution is 8.00. The lowest BCUT2D eigenvalue weighted by Gasteiger charge is -2.12. The fourth-order valence-electron chi connectivity index (χ4n) is 2.85. The van der Waals surface area contributed by atoms with Crippen LogP contribution >= 0.6 is 11.8 Å². The standard InChI is InChI=1S/C23H23NO5S/c1-14-9-18-16(11-22(26)29-19(18)10-15(14)2)12-28-23(27)17-7-5-6-8-20(17)30-13-21(25)24(3)4/h5-11H,12-13H2,1-4H3. The second-order valence-electron chi connectivity index (χ2n) is 7.17. The van der Waals surface area contributed by atoms with E-state index in [1.54, 1.807) is 38.4 Å². The molecule has 0 saturated carbocycles. The number of rotatable bonds is 6. The van der Waals surface area contributed by atoms with Crippen LogP contribution in [0.2, 0.25) is 0 Å². The van der Waals surface area contributed by atoms with Gasteiger partial charge in [-0.2, -0.15) is 0 Å². The van der Waals surface area contributed by atoms with Crippen molar-refractivity contribution in [3.8, 4) is 0 Å². The number of benzene rings is 2. The number of aryl methyl sites for hydroxylation is 2. The van der Waals surface area contributed by atoms with Crippen molar-refractivity contribution in [1.82, 2.24) is 4.90 Å². The van der Waals surface area contributed by atoms with Gasteiger partial charge in [0.1, 0.15) is 12.2 Å². The highest BCUT2D eigenvalue weighted by atomic mass is 32.2. The van der Waals surface area contributed by atoms with Crippen LogP contribution in [0, 0.1) is 13.8 Å². The van der Waals surface area contributed by atoms with Crippen LogP contribution in [-0.4, -0.2) is 36.6 Å². The second kappa shape index (κ2) is 9.17. The van der Waals surface area contributed by atoms with Crippen molar-refractivity contribution < 1.29 is 18.7 Å². The molecular weight excluding hydrogens is 402 g/mol. The molecule has 3 rings (SSSR count). The van der Waals surface area contributed by atoms with E-state index in [0.717, 1.165) is 16.5 Å². The predicted octanol–water partition coefficient (Wildman–Crippen LogP) is 3.95. The third kappa shape index (κ3) is 4.91. The molecule has 0 saturated heterocycles. The molecule has 7 heteroatoms. The zero-order chi connectivity index (χ0) is 21.8. The van der Waals surface area contributed by atoms with Crippen LogP contribution in [-0.2, 0) is 16.1 Å². The van der Waals surface area contributed by atoms with E-state index in [1.807, 2.05) is 26.0 Å². The van der Waals surface area contributed by atoms with Crippen molar-refractivity contribution in [2.45, 2.75) is 25.3 Å².